The van der Waals surface area contributed by atoms with Gasteiger partial charge in [0.1, 0.15) is 0 Å². The van der Waals surface area contributed by atoms with Gasteiger partial charge in [-0.15, -0.1) is 0 Å². The maximum absolute atomic E-state index is 11.3. The van der Waals surface area contributed by atoms with Crippen molar-refractivity contribution in [1.82, 2.24) is 4.90 Å². The molecular formula is C24H29NO3. The number of carbonyl (C=O) groups excluding carboxylic acids is 1. The zero-order chi connectivity index (χ0) is 19.8. The molecule has 0 spiro atoms. The van der Waals surface area contributed by atoms with E-state index in [2.05, 4.69) is 52.1 Å². The summed E-state index contributed by atoms with van der Waals surface area (Å²) in [5.74, 6) is -0.342. The Kier molecular flexibility index (Phi) is 7.40. The third-order valence-corrected chi connectivity index (χ3v) is 5.41. The van der Waals surface area contributed by atoms with E-state index < -0.39 is 0 Å². The highest BCUT2D eigenvalue weighted by atomic mass is 16.5. The van der Waals surface area contributed by atoms with Crippen LogP contribution < -0.4 is 0 Å². The van der Waals surface area contributed by atoms with E-state index in [0.29, 0.717) is 12.6 Å². The summed E-state index contributed by atoms with van der Waals surface area (Å²) in [5, 5.41) is 9.56. The van der Waals surface area contributed by atoms with Gasteiger partial charge in [-0.1, -0.05) is 48.5 Å². The third kappa shape index (κ3) is 5.31. The largest absolute Gasteiger partial charge is 0.466 e. The van der Waals surface area contributed by atoms with E-state index in [4.69, 9.17) is 0 Å². The average molecular weight is 380 g/mol. The molecule has 0 amide bonds. The van der Waals surface area contributed by atoms with Crippen molar-refractivity contribution < 1.29 is 14.6 Å². The topological polar surface area (TPSA) is 49.8 Å². The van der Waals surface area contributed by atoms with Crippen molar-refractivity contribution in [2.75, 3.05) is 26.8 Å². The number of ether oxygens (including phenoxy) is 1. The van der Waals surface area contributed by atoms with E-state index >= 15 is 0 Å². The van der Waals surface area contributed by atoms with Gasteiger partial charge in [0, 0.05) is 18.7 Å². The quantitative estimate of drug-likeness (QED) is 0.532. The normalized spacial score (nSPS) is 15.9. The fraction of sp³-hybridized carbons (Fsp3) is 0.375. The summed E-state index contributed by atoms with van der Waals surface area (Å²) >= 11 is 0. The number of methoxy groups -OCH3 is 1. The van der Waals surface area contributed by atoms with Crippen LogP contribution in [0.1, 0.15) is 41.1 Å². The van der Waals surface area contributed by atoms with Gasteiger partial charge in [0.25, 0.3) is 0 Å². The SMILES string of the molecule is COC(=O)/C=C/c1ccc2c(c1)CCC2N(CCO)CCCc1ccccc1. The van der Waals surface area contributed by atoms with Crippen molar-refractivity contribution in [3.8, 4) is 0 Å². The van der Waals surface area contributed by atoms with Crippen molar-refractivity contribution >= 4 is 12.0 Å². The molecule has 0 bridgehead atoms. The second-order valence-corrected chi connectivity index (χ2v) is 7.22. The molecule has 1 N–H and O–H groups in total. The molecule has 4 heteroatoms. The first kappa shape index (κ1) is 20.3. The molecule has 148 valence electrons. The zero-order valence-corrected chi connectivity index (χ0v) is 16.5. The Balaban J connectivity index is 1.65. The minimum atomic E-state index is -0.342. The number of carbonyl (C=O) groups is 1. The number of aliphatic hydroxyl groups is 1. The molecule has 1 unspecified atom stereocenters. The lowest BCUT2D eigenvalue weighted by atomic mass is 10.0. The average Bonchev–Trinajstić information content (AvgIpc) is 3.15. The predicted molar refractivity (Wildman–Crippen MR) is 112 cm³/mol. The minimum absolute atomic E-state index is 0.178. The Morgan fingerprint density at radius 2 is 2.04 bits per heavy atom. The maximum Gasteiger partial charge on any atom is 0.330 e. The number of benzene rings is 2. The number of hydrogen-bond donors (Lipinski definition) is 1. The number of esters is 1. The number of aryl methyl sites for hydroxylation is 2. The lowest BCUT2D eigenvalue weighted by molar-refractivity contribution is -0.134. The summed E-state index contributed by atoms with van der Waals surface area (Å²) in [5.41, 5.74) is 5.06. The Labute approximate surface area is 167 Å². The fourth-order valence-corrected chi connectivity index (χ4v) is 4.01. The van der Waals surface area contributed by atoms with Gasteiger partial charge in [-0.05, 0) is 60.6 Å². The lowest BCUT2D eigenvalue weighted by Crippen LogP contribution is -2.31. The predicted octanol–water partition coefficient (Wildman–Crippen LogP) is 3.79. The smallest absolute Gasteiger partial charge is 0.330 e. The van der Waals surface area contributed by atoms with Gasteiger partial charge in [0.2, 0.25) is 0 Å². The van der Waals surface area contributed by atoms with Gasteiger partial charge in [0.15, 0.2) is 0 Å². The van der Waals surface area contributed by atoms with E-state index in [9.17, 15) is 9.90 Å². The van der Waals surface area contributed by atoms with Crippen LogP contribution in [0.4, 0.5) is 0 Å². The summed E-state index contributed by atoms with van der Waals surface area (Å²) in [4.78, 5) is 13.7. The molecule has 3 rings (SSSR count). The summed E-state index contributed by atoms with van der Waals surface area (Å²) in [6, 6.07) is 17.3. The molecule has 4 nitrogen and oxygen atoms in total. The molecule has 0 saturated carbocycles. The number of hydrogen-bond acceptors (Lipinski definition) is 4. The number of fused-ring (bicyclic) bond motifs is 1. The van der Waals surface area contributed by atoms with Gasteiger partial charge >= 0.3 is 5.97 Å². The summed E-state index contributed by atoms with van der Waals surface area (Å²) in [6.07, 6.45) is 7.49. The summed E-state index contributed by atoms with van der Waals surface area (Å²) in [6.45, 7) is 1.85. The lowest BCUT2D eigenvalue weighted by Gasteiger charge is -2.29. The molecule has 0 radical (unpaired) electrons. The molecule has 0 aliphatic heterocycles. The van der Waals surface area contributed by atoms with Gasteiger partial charge in [-0.2, -0.15) is 0 Å². The van der Waals surface area contributed by atoms with Crippen LogP contribution >= 0.6 is 0 Å². The highest BCUT2D eigenvalue weighted by molar-refractivity contribution is 5.86. The highest BCUT2D eigenvalue weighted by Gasteiger charge is 2.27. The van der Waals surface area contributed by atoms with Crippen LogP contribution in [0.2, 0.25) is 0 Å². The van der Waals surface area contributed by atoms with Crippen LogP contribution in [-0.2, 0) is 22.4 Å². The van der Waals surface area contributed by atoms with Gasteiger partial charge in [-0.3, -0.25) is 4.90 Å². The monoisotopic (exact) mass is 379 g/mol. The Morgan fingerprint density at radius 1 is 1.21 bits per heavy atom. The van der Waals surface area contributed by atoms with Gasteiger partial charge < -0.3 is 9.84 Å². The van der Waals surface area contributed by atoms with Gasteiger partial charge in [-0.25, -0.2) is 4.79 Å². The number of aliphatic hydroxyl groups excluding tert-OH is 1. The Morgan fingerprint density at radius 3 is 2.79 bits per heavy atom. The van der Waals surface area contributed by atoms with Crippen molar-refractivity contribution in [2.24, 2.45) is 0 Å². The minimum Gasteiger partial charge on any atom is -0.466 e. The van der Waals surface area contributed by atoms with E-state index in [1.54, 1.807) is 6.08 Å². The van der Waals surface area contributed by atoms with Crippen molar-refractivity contribution in [3.05, 3.63) is 76.9 Å². The molecule has 0 saturated heterocycles. The van der Waals surface area contributed by atoms with Crippen LogP contribution in [0.15, 0.2) is 54.6 Å². The molecular weight excluding hydrogens is 350 g/mol. The first-order valence-electron chi connectivity index (χ1n) is 9.99. The van der Waals surface area contributed by atoms with Crippen LogP contribution in [0.5, 0.6) is 0 Å². The second kappa shape index (κ2) is 10.2. The molecule has 1 atom stereocenters. The molecule has 0 fully saturated rings. The second-order valence-electron chi connectivity index (χ2n) is 7.22. The van der Waals surface area contributed by atoms with E-state index in [1.165, 1.54) is 29.9 Å². The van der Waals surface area contributed by atoms with Crippen LogP contribution in [0, 0.1) is 0 Å². The molecule has 0 heterocycles. The maximum atomic E-state index is 11.3. The molecule has 1 aliphatic carbocycles. The molecule has 28 heavy (non-hydrogen) atoms. The van der Waals surface area contributed by atoms with Crippen LogP contribution in [0.3, 0.4) is 0 Å². The first-order valence-corrected chi connectivity index (χ1v) is 9.99. The number of rotatable bonds is 9. The highest BCUT2D eigenvalue weighted by Crippen LogP contribution is 2.36. The van der Waals surface area contributed by atoms with E-state index in [1.807, 2.05) is 6.07 Å². The first-order chi connectivity index (χ1) is 13.7. The molecule has 2 aromatic rings. The zero-order valence-electron chi connectivity index (χ0n) is 16.5. The standard InChI is InChI=1S/C24H29NO3/c1-28-24(27)14-10-20-9-12-22-21(18-20)11-13-23(22)25(16-17-26)15-5-8-19-6-3-2-4-7-19/h2-4,6-7,9-10,12,14,18,23,26H,5,8,11,13,15-17H2,1H3/b14-10+. The van der Waals surface area contributed by atoms with Gasteiger partial charge in [0.05, 0.1) is 13.7 Å². The fourth-order valence-electron chi connectivity index (χ4n) is 4.01. The number of nitrogens with zero attached hydrogens (tertiary/aromatic N) is 1. The summed E-state index contributed by atoms with van der Waals surface area (Å²) in [7, 11) is 1.38. The third-order valence-electron chi connectivity index (χ3n) is 5.41. The van der Waals surface area contributed by atoms with Crippen molar-refractivity contribution in [3.63, 3.8) is 0 Å². The van der Waals surface area contributed by atoms with Crippen LogP contribution in [0.25, 0.3) is 6.08 Å². The van der Waals surface area contributed by atoms with Crippen LogP contribution in [-0.4, -0.2) is 42.8 Å². The summed E-state index contributed by atoms with van der Waals surface area (Å²) < 4.78 is 4.65. The van der Waals surface area contributed by atoms with E-state index in [0.717, 1.165) is 37.8 Å². The van der Waals surface area contributed by atoms with Crippen molar-refractivity contribution in [1.29, 1.82) is 0 Å². The van der Waals surface area contributed by atoms with Crippen molar-refractivity contribution in [2.45, 2.75) is 31.7 Å². The molecule has 2 aromatic carbocycles. The molecule has 0 aromatic heterocycles. The van der Waals surface area contributed by atoms with E-state index in [-0.39, 0.29) is 12.6 Å². The Bertz CT molecular complexity index is 801. The Hall–Kier alpha value is -2.43. The molecule has 1 aliphatic rings.